The van der Waals surface area contributed by atoms with E-state index in [2.05, 4.69) is 4.98 Å². The highest BCUT2D eigenvalue weighted by Crippen LogP contribution is 2.24. The van der Waals surface area contributed by atoms with Crippen LogP contribution < -0.4 is 5.73 Å². The molecular formula is C10H7F3N2. The second-order valence-corrected chi connectivity index (χ2v) is 3.04. The standard InChI is InChI=1S/C10H7F3N2/c11-7-3-6-5(9(12)10(7)13)1-2-15-8(6)4-14/h1-3H,4,14H2. The van der Waals surface area contributed by atoms with E-state index in [1.165, 1.54) is 12.3 Å². The van der Waals surface area contributed by atoms with Crippen LogP contribution in [0.5, 0.6) is 0 Å². The average Bonchev–Trinajstić information content (AvgIpc) is 2.25. The molecule has 1 aromatic heterocycles. The Balaban J connectivity index is 2.91. The highest BCUT2D eigenvalue weighted by Gasteiger charge is 2.15. The molecule has 0 bridgehead atoms. The molecule has 0 aliphatic rings. The maximum atomic E-state index is 13.3. The Hall–Kier alpha value is -1.62. The summed E-state index contributed by atoms with van der Waals surface area (Å²) in [6, 6.07) is 2.19. The zero-order chi connectivity index (χ0) is 11.0. The fourth-order valence-electron chi connectivity index (χ4n) is 1.44. The number of aromatic nitrogens is 1. The van der Waals surface area contributed by atoms with Gasteiger partial charge in [-0.15, -0.1) is 0 Å². The average molecular weight is 212 g/mol. The molecule has 15 heavy (non-hydrogen) atoms. The van der Waals surface area contributed by atoms with Crippen molar-refractivity contribution < 1.29 is 13.2 Å². The fraction of sp³-hybridized carbons (Fsp3) is 0.100. The van der Waals surface area contributed by atoms with Gasteiger partial charge in [0, 0.05) is 23.5 Å². The third-order valence-corrected chi connectivity index (χ3v) is 2.18. The van der Waals surface area contributed by atoms with Gasteiger partial charge in [0.15, 0.2) is 17.5 Å². The SMILES string of the molecule is NCc1nccc2c(F)c(F)c(F)cc12. The zero-order valence-electron chi connectivity index (χ0n) is 7.60. The topological polar surface area (TPSA) is 38.9 Å². The molecule has 1 aromatic carbocycles. The van der Waals surface area contributed by atoms with Crippen molar-refractivity contribution >= 4 is 10.8 Å². The van der Waals surface area contributed by atoms with E-state index in [4.69, 9.17) is 5.73 Å². The molecule has 0 fully saturated rings. The first-order valence-electron chi connectivity index (χ1n) is 4.26. The van der Waals surface area contributed by atoms with Gasteiger partial charge in [0.05, 0.1) is 5.69 Å². The number of fused-ring (bicyclic) bond motifs is 1. The van der Waals surface area contributed by atoms with Gasteiger partial charge in [-0.25, -0.2) is 13.2 Å². The number of hydrogen-bond donors (Lipinski definition) is 1. The van der Waals surface area contributed by atoms with E-state index in [9.17, 15) is 13.2 Å². The highest BCUT2D eigenvalue weighted by molar-refractivity contribution is 5.85. The van der Waals surface area contributed by atoms with Crippen molar-refractivity contribution in [1.29, 1.82) is 0 Å². The fourth-order valence-corrected chi connectivity index (χ4v) is 1.44. The molecule has 0 aliphatic carbocycles. The third-order valence-electron chi connectivity index (χ3n) is 2.18. The van der Waals surface area contributed by atoms with Crippen molar-refractivity contribution in [3.63, 3.8) is 0 Å². The van der Waals surface area contributed by atoms with Crippen molar-refractivity contribution in [2.75, 3.05) is 0 Å². The Morgan fingerprint density at radius 1 is 1.13 bits per heavy atom. The lowest BCUT2D eigenvalue weighted by atomic mass is 10.1. The first-order valence-corrected chi connectivity index (χ1v) is 4.26. The Morgan fingerprint density at radius 2 is 1.87 bits per heavy atom. The summed E-state index contributed by atoms with van der Waals surface area (Å²) in [5.41, 5.74) is 5.69. The van der Waals surface area contributed by atoms with Crippen LogP contribution in [0.3, 0.4) is 0 Å². The van der Waals surface area contributed by atoms with Crippen molar-refractivity contribution in [2.45, 2.75) is 6.54 Å². The molecule has 5 heteroatoms. The molecule has 78 valence electrons. The number of rotatable bonds is 1. The van der Waals surface area contributed by atoms with Crippen LogP contribution in [0, 0.1) is 17.5 Å². The number of nitrogens with two attached hydrogens (primary N) is 1. The van der Waals surface area contributed by atoms with E-state index in [1.807, 2.05) is 0 Å². The van der Waals surface area contributed by atoms with Crippen molar-refractivity contribution in [3.8, 4) is 0 Å². The largest absolute Gasteiger partial charge is 0.325 e. The van der Waals surface area contributed by atoms with Crippen LogP contribution in [0.1, 0.15) is 5.69 Å². The summed E-state index contributed by atoms with van der Waals surface area (Å²) in [6.07, 6.45) is 1.31. The summed E-state index contributed by atoms with van der Waals surface area (Å²) < 4.78 is 39.1. The minimum Gasteiger partial charge on any atom is -0.325 e. The summed E-state index contributed by atoms with van der Waals surface area (Å²) in [4.78, 5) is 3.86. The molecule has 0 aliphatic heterocycles. The molecule has 2 N–H and O–H groups in total. The van der Waals surface area contributed by atoms with Gasteiger partial charge in [0.25, 0.3) is 0 Å². The molecule has 0 spiro atoms. The lowest BCUT2D eigenvalue weighted by molar-refractivity contribution is 0.453. The second-order valence-electron chi connectivity index (χ2n) is 3.04. The van der Waals surface area contributed by atoms with Crippen LogP contribution in [0.2, 0.25) is 0 Å². The van der Waals surface area contributed by atoms with Crippen LogP contribution in [0.25, 0.3) is 10.8 Å². The molecule has 0 unspecified atom stereocenters. The summed E-state index contributed by atoms with van der Waals surface area (Å²) in [5.74, 6) is -3.92. The lowest BCUT2D eigenvalue weighted by Crippen LogP contribution is -2.02. The molecule has 1 heterocycles. The van der Waals surface area contributed by atoms with Crippen LogP contribution >= 0.6 is 0 Å². The van der Waals surface area contributed by atoms with E-state index in [-0.39, 0.29) is 17.3 Å². The van der Waals surface area contributed by atoms with Crippen molar-refractivity contribution in [2.24, 2.45) is 5.73 Å². The van der Waals surface area contributed by atoms with Gasteiger partial charge in [-0.3, -0.25) is 4.98 Å². The lowest BCUT2D eigenvalue weighted by Gasteiger charge is -2.05. The van der Waals surface area contributed by atoms with Crippen LogP contribution in [0.4, 0.5) is 13.2 Å². The van der Waals surface area contributed by atoms with E-state index in [0.29, 0.717) is 5.69 Å². The first-order chi connectivity index (χ1) is 7.15. The number of nitrogens with zero attached hydrogens (tertiary/aromatic N) is 1. The van der Waals surface area contributed by atoms with Gasteiger partial charge in [-0.05, 0) is 12.1 Å². The maximum Gasteiger partial charge on any atom is 0.195 e. The van der Waals surface area contributed by atoms with Gasteiger partial charge in [-0.1, -0.05) is 0 Å². The van der Waals surface area contributed by atoms with E-state index >= 15 is 0 Å². The molecule has 2 aromatic rings. The van der Waals surface area contributed by atoms with Gasteiger partial charge >= 0.3 is 0 Å². The van der Waals surface area contributed by atoms with E-state index in [1.54, 1.807) is 0 Å². The molecule has 0 amide bonds. The smallest absolute Gasteiger partial charge is 0.195 e. The predicted molar refractivity (Wildman–Crippen MR) is 49.5 cm³/mol. The Labute approximate surface area is 83.5 Å². The van der Waals surface area contributed by atoms with E-state index < -0.39 is 17.5 Å². The van der Waals surface area contributed by atoms with Gasteiger partial charge in [0.2, 0.25) is 0 Å². The predicted octanol–water partition coefficient (Wildman–Crippen LogP) is 2.11. The minimum absolute atomic E-state index is 0.00986. The van der Waals surface area contributed by atoms with Gasteiger partial charge in [-0.2, -0.15) is 0 Å². The Morgan fingerprint density at radius 3 is 2.53 bits per heavy atom. The van der Waals surface area contributed by atoms with Gasteiger partial charge in [0.1, 0.15) is 0 Å². The summed E-state index contributed by atoms with van der Waals surface area (Å²) in [7, 11) is 0. The molecule has 2 nitrogen and oxygen atoms in total. The quantitative estimate of drug-likeness (QED) is 0.735. The normalized spacial score (nSPS) is 10.9. The van der Waals surface area contributed by atoms with E-state index in [0.717, 1.165) is 6.07 Å². The highest BCUT2D eigenvalue weighted by atomic mass is 19.2. The van der Waals surface area contributed by atoms with Crippen LogP contribution in [-0.2, 0) is 6.54 Å². The monoisotopic (exact) mass is 212 g/mol. The summed E-state index contributed by atoms with van der Waals surface area (Å²) >= 11 is 0. The molecule has 0 radical (unpaired) electrons. The minimum atomic E-state index is -1.48. The maximum absolute atomic E-state index is 13.3. The molecular weight excluding hydrogens is 205 g/mol. The number of halogens is 3. The third kappa shape index (κ3) is 1.45. The van der Waals surface area contributed by atoms with Gasteiger partial charge < -0.3 is 5.73 Å². The summed E-state index contributed by atoms with van der Waals surface area (Å²) in [6.45, 7) is 0.0435. The van der Waals surface area contributed by atoms with Crippen molar-refractivity contribution in [3.05, 3.63) is 41.5 Å². The second kappa shape index (κ2) is 3.51. The zero-order valence-corrected chi connectivity index (χ0v) is 7.60. The summed E-state index contributed by atoms with van der Waals surface area (Å²) in [5, 5.41) is 0.195. The number of hydrogen-bond acceptors (Lipinski definition) is 2. The molecule has 0 saturated heterocycles. The molecule has 0 saturated carbocycles. The van der Waals surface area contributed by atoms with Crippen LogP contribution in [0.15, 0.2) is 18.3 Å². The molecule has 2 rings (SSSR count). The van der Waals surface area contributed by atoms with Crippen molar-refractivity contribution in [1.82, 2.24) is 4.98 Å². The number of pyridine rings is 1. The Bertz CT molecular complexity index is 526. The number of benzene rings is 1. The first kappa shape index (κ1) is 9.92. The van der Waals surface area contributed by atoms with Crippen LogP contribution in [-0.4, -0.2) is 4.98 Å². The molecule has 0 atom stereocenters. The Kier molecular flexibility index (Phi) is 2.32.